The van der Waals surface area contributed by atoms with Crippen LogP contribution in [0.3, 0.4) is 0 Å². The van der Waals surface area contributed by atoms with E-state index in [0.717, 1.165) is 40.3 Å². The second-order valence-electron chi connectivity index (χ2n) is 9.25. The number of nitrogens with zero attached hydrogens (tertiary/aromatic N) is 3. The minimum Gasteiger partial charge on any atom is -0.450 e. The fourth-order valence-corrected chi connectivity index (χ4v) is 5.47. The van der Waals surface area contributed by atoms with E-state index in [1.807, 2.05) is 32.0 Å². The highest BCUT2D eigenvalue weighted by atomic mass is 32.1. The molecule has 0 aliphatic heterocycles. The Kier molecular flexibility index (Phi) is 8.91. The van der Waals surface area contributed by atoms with Crippen molar-refractivity contribution in [1.29, 1.82) is 0 Å². The molecular formula is C25H30F2N4O4S. The molecule has 0 bridgehead atoms. The fraction of sp³-hybridized carbons (Fsp3) is 0.440. The number of halogens is 2. The number of alkyl halides is 2. The van der Waals surface area contributed by atoms with Gasteiger partial charge in [-0.25, -0.2) is 28.5 Å². The van der Waals surface area contributed by atoms with E-state index in [2.05, 4.69) is 27.2 Å². The molecule has 1 fully saturated rings. The Morgan fingerprint density at radius 2 is 1.94 bits per heavy atom. The summed E-state index contributed by atoms with van der Waals surface area (Å²) in [4.78, 5) is 22.0. The number of benzene rings is 1. The number of hydrogen-bond acceptors (Lipinski definition) is 7. The van der Waals surface area contributed by atoms with Crippen LogP contribution in [-0.2, 0) is 5.60 Å². The molecule has 2 heterocycles. The van der Waals surface area contributed by atoms with Gasteiger partial charge in [0, 0.05) is 18.1 Å². The van der Waals surface area contributed by atoms with E-state index < -0.39 is 18.2 Å². The van der Waals surface area contributed by atoms with Crippen molar-refractivity contribution in [2.45, 2.75) is 58.5 Å². The lowest BCUT2D eigenvalue weighted by Crippen LogP contribution is -2.34. The van der Waals surface area contributed by atoms with Gasteiger partial charge < -0.3 is 20.6 Å². The topological polar surface area (TPSA) is 128 Å². The fourth-order valence-electron chi connectivity index (χ4n) is 4.44. The second-order valence-corrected chi connectivity index (χ2v) is 10.3. The minimum absolute atomic E-state index is 0.124. The predicted molar refractivity (Wildman–Crippen MR) is 134 cm³/mol. The third-order valence-corrected chi connectivity index (χ3v) is 7.46. The van der Waals surface area contributed by atoms with Crippen molar-refractivity contribution in [2.24, 2.45) is 11.8 Å². The van der Waals surface area contributed by atoms with Gasteiger partial charge in [-0.3, -0.25) is 0 Å². The third-order valence-electron chi connectivity index (χ3n) is 6.19. The van der Waals surface area contributed by atoms with E-state index >= 15 is 0 Å². The van der Waals surface area contributed by atoms with Crippen molar-refractivity contribution >= 4 is 29.1 Å². The number of carbonyl (C=O) groups is 1. The van der Waals surface area contributed by atoms with Crippen LogP contribution in [0.5, 0.6) is 0 Å². The number of aliphatic hydroxyl groups is 1. The molecule has 3 atom stereocenters. The number of hydrogen-bond donors (Lipinski definition) is 4. The lowest BCUT2D eigenvalue weighted by molar-refractivity contribution is -0.0295. The Hall–Kier alpha value is -3.18. The summed E-state index contributed by atoms with van der Waals surface area (Å²) >= 11 is 1.50. The van der Waals surface area contributed by atoms with Crippen LogP contribution >= 0.6 is 11.3 Å². The van der Waals surface area contributed by atoms with Crippen LogP contribution in [-0.4, -0.2) is 36.4 Å². The monoisotopic (exact) mass is 520 g/mol. The van der Waals surface area contributed by atoms with Gasteiger partial charge in [-0.2, -0.15) is 0 Å². The zero-order valence-electron chi connectivity index (χ0n) is 20.3. The Balaban J connectivity index is 0.000000840. The van der Waals surface area contributed by atoms with Crippen LogP contribution in [0.2, 0.25) is 0 Å². The maximum absolute atomic E-state index is 12.9. The van der Waals surface area contributed by atoms with Gasteiger partial charge >= 0.3 is 6.16 Å². The standard InChI is InChI=1S/C24H28F2N4OS.CH2O3/c1-14-5-4-6-17(10-14)24(3,31)22-28-13-20(32-22)16-9-15(2)11-18(12-16)29-23-27-8-7-19(30-23)21(25)26;2-1(3)4/h7-9,11-14,17,21,31H,4-6,10H2,1-3H3,(H,27,29,30);(H2,2,3,4). The van der Waals surface area contributed by atoms with E-state index in [9.17, 15) is 13.9 Å². The molecule has 1 aromatic carbocycles. The zero-order chi connectivity index (χ0) is 26.5. The maximum Gasteiger partial charge on any atom is 0.503 e. The van der Waals surface area contributed by atoms with E-state index in [-0.39, 0.29) is 17.6 Å². The number of nitrogens with one attached hydrogen (secondary N) is 1. The molecule has 194 valence electrons. The third kappa shape index (κ3) is 7.17. The number of aryl methyl sites for hydroxylation is 1. The first kappa shape index (κ1) is 27.4. The number of anilines is 2. The van der Waals surface area contributed by atoms with Gasteiger partial charge in [0.2, 0.25) is 5.95 Å². The summed E-state index contributed by atoms with van der Waals surface area (Å²) in [7, 11) is 0. The van der Waals surface area contributed by atoms with Crippen LogP contribution in [0.25, 0.3) is 10.4 Å². The molecule has 4 rings (SSSR count). The van der Waals surface area contributed by atoms with Crippen LogP contribution < -0.4 is 5.32 Å². The Labute approximate surface area is 212 Å². The van der Waals surface area contributed by atoms with Crippen molar-refractivity contribution in [1.82, 2.24) is 15.0 Å². The first-order valence-corrected chi connectivity index (χ1v) is 12.4. The molecule has 36 heavy (non-hydrogen) atoms. The predicted octanol–water partition coefficient (Wildman–Crippen LogP) is 6.85. The van der Waals surface area contributed by atoms with Gasteiger partial charge in [-0.05, 0) is 67.9 Å². The highest BCUT2D eigenvalue weighted by Crippen LogP contribution is 2.43. The number of rotatable bonds is 6. The van der Waals surface area contributed by atoms with Gasteiger partial charge in [0.05, 0.1) is 4.88 Å². The normalized spacial score (nSPS) is 19.2. The summed E-state index contributed by atoms with van der Waals surface area (Å²) in [6, 6.07) is 7.06. The van der Waals surface area contributed by atoms with Crippen LogP contribution in [0.4, 0.5) is 25.2 Å². The SMILES string of the molecule is Cc1cc(Nc2nccc(C(F)F)n2)cc(-c2cnc(C(C)(O)C3CCCC(C)C3)s2)c1.O=C(O)O. The van der Waals surface area contributed by atoms with E-state index in [0.29, 0.717) is 11.6 Å². The molecule has 4 N–H and O–H groups in total. The van der Waals surface area contributed by atoms with E-state index in [1.54, 1.807) is 6.20 Å². The summed E-state index contributed by atoms with van der Waals surface area (Å²) in [6.45, 7) is 6.10. The number of aromatic nitrogens is 3. The van der Waals surface area contributed by atoms with Crippen LogP contribution in [0.1, 0.15) is 62.2 Å². The Morgan fingerprint density at radius 3 is 2.61 bits per heavy atom. The Bertz CT molecular complexity index is 1180. The quantitative estimate of drug-likeness (QED) is 0.278. The Morgan fingerprint density at radius 1 is 1.22 bits per heavy atom. The van der Waals surface area contributed by atoms with Crippen molar-refractivity contribution < 1.29 is 28.9 Å². The second kappa shape index (κ2) is 11.7. The van der Waals surface area contributed by atoms with Gasteiger partial charge in [-0.1, -0.05) is 25.8 Å². The molecule has 11 heteroatoms. The van der Waals surface area contributed by atoms with Crippen LogP contribution in [0, 0.1) is 18.8 Å². The average Bonchev–Trinajstić information content (AvgIpc) is 3.30. The molecule has 3 unspecified atom stereocenters. The summed E-state index contributed by atoms with van der Waals surface area (Å²) in [6.07, 6.45) is 3.02. The number of thiazole rings is 1. The van der Waals surface area contributed by atoms with Gasteiger partial charge in [0.1, 0.15) is 16.3 Å². The molecule has 0 spiro atoms. The molecule has 1 aliphatic rings. The highest BCUT2D eigenvalue weighted by Gasteiger charge is 2.38. The van der Waals surface area contributed by atoms with Crippen molar-refractivity contribution in [3.05, 3.63) is 52.9 Å². The van der Waals surface area contributed by atoms with Crippen LogP contribution in [0.15, 0.2) is 36.7 Å². The molecule has 2 aromatic heterocycles. The molecular weight excluding hydrogens is 490 g/mol. The maximum atomic E-state index is 12.9. The largest absolute Gasteiger partial charge is 0.503 e. The molecule has 0 amide bonds. The lowest BCUT2D eigenvalue weighted by atomic mass is 9.74. The van der Waals surface area contributed by atoms with E-state index in [1.165, 1.54) is 30.0 Å². The summed E-state index contributed by atoms with van der Waals surface area (Å²) in [5.41, 5.74) is 1.37. The number of carboxylic acid groups (broad SMARTS) is 2. The van der Waals surface area contributed by atoms with Gasteiger partial charge in [0.25, 0.3) is 6.43 Å². The van der Waals surface area contributed by atoms with Crippen molar-refractivity contribution in [2.75, 3.05) is 5.32 Å². The molecule has 8 nitrogen and oxygen atoms in total. The molecule has 0 saturated heterocycles. The lowest BCUT2D eigenvalue weighted by Gasteiger charge is -2.36. The summed E-state index contributed by atoms with van der Waals surface area (Å²) < 4.78 is 25.9. The van der Waals surface area contributed by atoms with E-state index in [4.69, 9.17) is 15.0 Å². The van der Waals surface area contributed by atoms with Crippen molar-refractivity contribution in [3.63, 3.8) is 0 Å². The van der Waals surface area contributed by atoms with Gasteiger partial charge in [-0.15, -0.1) is 11.3 Å². The van der Waals surface area contributed by atoms with Gasteiger partial charge in [0.15, 0.2) is 0 Å². The summed E-state index contributed by atoms with van der Waals surface area (Å²) in [5, 5.41) is 29.0. The first-order valence-electron chi connectivity index (χ1n) is 11.6. The van der Waals surface area contributed by atoms with Crippen molar-refractivity contribution in [3.8, 4) is 10.4 Å². The molecule has 3 aromatic rings. The zero-order valence-corrected chi connectivity index (χ0v) is 21.1. The average molecular weight is 521 g/mol. The molecule has 1 aliphatic carbocycles. The minimum atomic E-state index is -2.65. The first-order chi connectivity index (χ1) is 17.0. The highest BCUT2D eigenvalue weighted by molar-refractivity contribution is 7.15. The molecule has 0 radical (unpaired) electrons. The molecule has 1 saturated carbocycles. The smallest absolute Gasteiger partial charge is 0.450 e. The summed E-state index contributed by atoms with van der Waals surface area (Å²) in [5.74, 6) is 0.953.